The van der Waals surface area contributed by atoms with Crippen molar-refractivity contribution in [1.82, 2.24) is 10.1 Å². The Hall–Kier alpha value is -1.27. The van der Waals surface area contributed by atoms with E-state index in [0.29, 0.717) is 45.7 Å². The fraction of sp³-hybridized carbons (Fsp3) is 0.375. The molecule has 8 heteroatoms. The average Bonchev–Trinajstić information content (AvgIpc) is 2.89. The number of carbonyl (C=O) groups excluding carboxylic acids is 1. The molecule has 0 bridgehead atoms. The summed E-state index contributed by atoms with van der Waals surface area (Å²) in [4.78, 5) is 14.7. The van der Waals surface area contributed by atoms with Gasteiger partial charge in [0.2, 0.25) is 0 Å². The van der Waals surface area contributed by atoms with Crippen LogP contribution in [0.2, 0.25) is 10.0 Å². The van der Waals surface area contributed by atoms with Crippen LogP contribution >= 0.6 is 35.6 Å². The van der Waals surface area contributed by atoms with Crippen LogP contribution in [0.5, 0.6) is 0 Å². The maximum absolute atomic E-state index is 12.9. The molecule has 0 aliphatic carbocycles. The molecule has 0 unspecified atom stereocenters. The summed E-state index contributed by atoms with van der Waals surface area (Å²) in [5, 5.41) is 4.88. The zero-order valence-corrected chi connectivity index (χ0v) is 15.4. The smallest absolute Gasteiger partial charge is 0.259 e. The van der Waals surface area contributed by atoms with Crippen molar-refractivity contribution in [3.8, 4) is 11.3 Å². The van der Waals surface area contributed by atoms with Gasteiger partial charge in [-0.15, -0.1) is 12.4 Å². The van der Waals surface area contributed by atoms with Gasteiger partial charge in [0.25, 0.3) is 5.91 Å². The quantitative estimate of drug-likeness (QED) is 0.843. The maximum Gasteiger partial charge on any atom is 0.259 e. The first-order valence-corrected chi connectivity index (χ1v) is 8.20. The molecule has 2 heterocycles. The van der Waals surface area contributed by atoms with E-state index in [1.807, 2.05) is 0 Å². The first-order valence-electron chi connectivity index (χ1n) is 7.44. The van der Waals surface area contributed by atoms with E-state index >= 15 is 0 Å². The summed E-state index contributed by atoms with van der Waals surface area (Å²) in [6, 6.07) is 5.32. The predicted molar refractivity (Wildman–Crippen MR) is 97.1 cm³/mol. The largest absolute Gasteiger partial charge is 0.360 e. The minimum atomic E-state index is -0.123. The number of hydrogen-bond acceptors (Lipinski definition) is 4. The normalized spacial score (nSPS) is 15.2. The highest BCUT2D eigenvalue weighted by Crippen LogP contribution is 2.37. The summed E-state index contributed by atoms with van der Waals surface area (Å²) in [5.74, 6) is 0.331. The van der Waals surface area contributed by atoms with E-state index < -0.39 is 0 Å². The molecular formula is C16H18Cl3N3O2. The van der Waals surface area contributed by atoms with Crippen LogP contribution < -0.4 is 5.73 Å². The summed E-state index contributed by atoms with van der Waals surface area (Å²) >= 11 is 12.5. The van der Waals surface area contributed by atoms with Crippen LogP contribution in [-0.2, 0) is 0 Å². The molecule has 2 N–H and O–H groups in total. The summed E-state index contributed by atoms with van der Waals surface area (Å²) < 4.78 is 5.25. The predicted octanol–water partition coefficient (Wildman–Crippen LogP) is 3.94. The average molecular weight is 391 g/mol. The summed E-state index contributed by atoms with van der Waals surface area (Å²) in [5.41, 5.74) is 7.22. The standard InChI is InChI=1S/C16H17Cl2N3O2.ClH/c1-9-13(16(22)21-7-5-10(19)6-8-21)15(20-23-9)14-11(17)3-2-4-12(14)18;/h2-4,10H,5-8,19H2,1H3;1H. The maximum atomic E-state index is 12.9. The number of aryl methyl sites for hydroxylation is 1. The number of halogens is 3. The Morgan fingerprint density at radius 1 is 1.29 bits per heavy atom. The molecule has 1 aromatic heterocycles. The Morgan fingerprint density at radius 2 is 1.88 bits per heavy atom. The fourth-order valence-electron chi connectivity index (χ4n) is 2.78. The van der Waals surface area contributed by atoms with Crippen molar-refractivity contribution in [2.24, 2.45) is 5.73 Å². The third-order valence-corrected chi connectivity index (χ3v) is 4.73. The van der Waals surface area contributed by atoms with Crippen molar-refractivity contribution in [2.75, 3.05) is 13.1 Å². The zero-order chi connectivity index (χ0) is 16.6. The number of nitrogens with zero attached hydrogens (tertiary/aromatic N) is 2. The topological polar surface area (TPSA) is 72.4 Å². The molecule has 1 aliphatic heterocycles. The zero-order valence-electron chi connectivity index (χ0n) is 13.1. The third kappa shape index (κ3) is 3.54. The molecule has 1 aromatic carbocycles. The van der Waals surface area contributed by atoms with Crippen LogP contribution in [0.25, 0.3) is 11.3 Å². The lowest BCUT2D eigenvalue weighted by atomic mass is 10.0. The van der Waals surface area contributed by atoms with E-state index in [9.17, 15) is 4.79 Å². The van der Waals surface area contributed by atoms with Gasteiger partial charge in [-0.1, -0.05) is 34.4 Å². The molecule has 1 saturated heterocycles. The van der Waals surface area contributed by atoms with Crippen molar-refractivity contribution >= 4 is 41.5 Å². The molecule has 3 rings (SSSR count). The highest BCUT2D eigenvalue weighted by atomic mass is 35.5. The Balaban J connectivity index is 0.00000208. The molecule has 24 heavy (non-hydrogen) atoms. The van der Waals surface area contributed by atoms with E-state index in [-0.39, 0.29) is 24.4 Å². The highest BCUT2D eigenvalue weighted by Gasteiger charge is 2.29. The molecule has 0 spiro atoms. The van der Waals surface area contributed by atoms with Crippen LogP contribution in [0.4, 0.5) is 0 Å². The number of rotatable bonds is 2. The first kappa shape index (κ1) is 19.1. The van der Waals surface area contributed by atoms with E-state index in [1.54, 1.807) is 30.0 Å². The fourth-order valence-corrected chi connectivity index (χ4v) is 3.36. The number of benzene rings is 1. The molecule has 2 aromatic rings. The second-order valence-corrected chi connectivity index (χ2v) is 6.50. The number of piperidine rings is 1. The Kier molecular flexibility index (Phi) is 6.15. The number of carbonyl (C=O) groups is 1. The van der Waals surface area contributed by atoms with Gasteiger partial charge in [-0.25, -0.2) is 0 Å². The van der Waals surface area contributed by atoms with Gasteiger partial charge in [-0.2, -0.15) is 0 Å². The van der Waals surface area contributed by atoms with Crippen LogP contribution in [0.1, 0.15) is 29.0 Å². The Labute approximate surface area is 156 Å². The Morgan fingerprint density at radius 3 is 2.46 bits per heavy atom. The third-order valence-electron chi connectivity index (χ3n) is 4.10. The molecular weight excluding hydrogens is 373 g/mol. The van der Waals surface area contributed by atoms with Crippen molar-refractivity contribution in [1.29, 1.82) is 0 Å². The monoisotopic (exact) mass is 389 g/mol. The second-order valence-electron chi connectivity index (χ2n) is 5.69. The Bertz CT molecular complexity index is 720. The van der Waals surface area contributed by atoms with Gasteiger partial charge in [0.05, 0.1) is 10.0 Å². The number of aromatic nitrogens is 1. The lowest BCUT2D eigenvalue weighted by Crippen LogP contribution is -2.43. The molecule has 0 atom stereocenters. The number of nitrogens with two attached hydrogens (primary N) is 1. The van der Waals surface area contributed by atoms with Crippen molar-refractivity contribution in [3.05, 3.63) is 39.6 Å². The van der Waals surface area contributed by atoms with Gasteiger partial charge in [0, 0.05) is 24.7 Å². The van der Waals surface area contributed by atoms with Gasteiger partial charge >= 0.3 is 0 Å². The summed E-state index contributed by atoms with van der Waals surface area (Å²) in [6.07, 6.45) is 1.58. The van der Waals surface area contributed by atoms with E-state index in [0.717, 1.165) is 12.8 Å². The molecule has 130 valence electrons. The van der Waals surface area contributed by atoms with E-state index in [2.05, 4.69) is 5.16 Å². The molecule has 0 saturated carbocycles. The van der Waals surface area contributed by atoms with Crippen LogP contribution in [0, 0.1) is 6.92 Å². The molecule has 1 aliphatic rings. The molecule has 1 fully saturated rings. The van der Waals surface area contributed by atoms with Crippen LogP contribution in [0.3, 0.4) is 0 Å². The van der Waals surface area contributed by atoms with Gasteiger partial charge in [-0.3, -0.25) is 4.79 Å². The van der Waals surface area contributed by atoms with E-state index in [4.69, 9.17) is 33.5 Å². The second kappa shape index (κ2) is 7.74. The summed E-state index contributed by atoms with van der Waals surface area (Å²) in [6.45, 7) is 2.96. The van der Waals surface area contributed by atoms with Gasteiger partial charge in [-0.05, 0) is 31.9 Å². The number of likely N-dealkylation sites (tertiary alicyclic amines) is 1. The van der Waals surface area contributed by atoms with Gasteiger partial charge in [0.1, 0.15) is 17.0 Å². The highest BCUT2D eigenvalue weighted by molar-refractivity contribution is 6.39. The van der Waals surface area contributed by atoms with Crippen molar-refractivity contribution in [2.45, 2.75) is 25.8 Å². The molecule has 5 nitrogen and oxygen atoms in total. The number of hydrogen-bond donors (Lipinski definition) is 1. The van der Waals surface area contributed by atoms with Crippen molar-refractivity contribution < 1.29 is 9.32 Å². The minimum Gasteiger partial charge on any atom is -0.360 e. The SMILES string of the molecule is Cc1onc(-c2c(Cl)cccc2Cl)c1C(=O)N1CCC(N)CC1.Cl. The van der Waals surface area contributed by atoms with E-state index in [1.165, 1.54) is 0 Å². The molecule has 1 amide bonds. The van der Waals surface area contributed by atoms with Crippen LogP contribution in [-0.4, -0.2) is 35.1 Å². The lowest BCUT2D eigenvalue weighted by molar-refractivity contribution is 0.0713. The van der Waals surface area contributed by atoms with Crippen LogP contribution in [0.15, 0.2) is 22.7 Å². The van der Waals surface area contributed by atoms with Crippen molar-refractivity contribution in [3.63, 3.8) is 0 Å². The molecule has 0 radical (unpaired) electrons. The minimum absolute atomic E-state index is 0. The number of amides is 1. The summed E-state index contributed by atoms with van der Waals surface area (Å²) in [7, 11) is 0. The first-order chi connectivity index (χ1) is 11.0. The van der Waals surface area contributed by atoms with Gasteiger partial charge in [0.15, 0.2) is 0 Å². The lowest BCUT2D eigenvalue weighted by Gasteiger charge is -2.30. The van der Waals surface area contributed by atoms with Gasteiger partial charge < -0.3 is 15.2 Å².